The van der Waals surface area contributed by atoms with Crippen LogP contribution < -0.4 is 10.6 Å². The molecule has 1 fully saturated rings. The molecule has 1 aliphatic rings. The fourth-order valence-electron chi connectivity index (χ4n) is 2.57. The number of amides is 3. The average Bonchev–Trinajstić information content (AvgIpc) is 2.40. The van der Waals surface area contributed by atoms with Gasteiger partial charge in [-0.15, -0.1) is 0 Å². The Balaban J connectivity index is 2.26. The lowest BCUT2D eigenvalue weighted by Crippen LogP contribution is -2.48. The number of aliphatic hydroxyl groups excluding tert-OH is 1. The van der Waals surface area contributed by atoms with Gasteiger partial charge in [0, 0.05) is 12.6 Å². The van der Waals surface area contributed by atoms with E-state index in [4.69, 9.17) is 5.11 Å². The number of nitrogens with one attached hydrogen (secondary N) is 2. The van der Waals surface area contributed by atoms with Gasteiger partial charge >= 0.3 is 6.03 Å². The average molecular weight is 285 g/mol. The summed E-state index contributed by atoms with van der Waals surface area (Å²) in [5.74, 6) is -0.319. The highest BCUT2D eigenvalue weighted by molar-refractivity contribution is 5.95. The minimum Gasteiger partial charge on any atom is -0.395 e. The molecule has 0 atom stereocenters. The Kier molecular flexibility index (Phi) is 8.22. The molecule has 0 saturated heterocycles. The summed E-state index contributed by atoms with van der Waals surface area (Å²) in [6, 6.07) is -0.205. The van der Waals surface area contributed by atoms with Crippen LogP contribution in [0.1, 0.15) is 45.4 Å². The van der Waals surface area contributed by atoms with Crippen LogP contribution in [-0.4, -0.2) is 54.2 Å². The summed E-state index contributed by atoms with van der Waals surface area (Å²) >= 11 is 0. The maximum atomic E-state index is 11.8. The zero-order chi connectivity index (χ0) is 14.8. The minimum atomic E-state index is -0.401. The molecular weight excluding hydrogens is 258 g/mol. The van der Waals surface area contributed by atoms with E-state index in [0.717, 1.165) is 38.6 Å². The smallest absolute Gasteiger partial charge is 0.321 e. The first-order chi connectivity index (χ1) is 9.65. The number of hydrogen-bond acceptors (Lipinski definition) is 4. The number of imide groups is 1. The Morgan fingerprint density at radius 3 is 2.50 bits per heavy atom. The van der Waals surface area contributed by atoms with E-state index >= 15 is 0 Å². The molecule has 0 aliphatic heterocycles. The number of hydrogen-bond donors (Lipinski definition) is 3. The SMILES string of the molecule is CCCN(CCO)CC(=O)NC(=O)NC1CCCCC1. The molecule has 0 radical (unpaired) electrons. The van der Waals surface area contributed by atoms with Crippen LogP contribution in [0, 0.1) is 0 Å². The molecule has 0 bridgehead atoms. The standard InChI is InChI=1S/C14H27N3O3/c1-2-8-17(9-10-18)11-13(19)16-14(20)15-12-6-4-3-5-7-12/h12,18H,2-11H2,1H3,(H2,15,16,19,20). The zero-order valence-electron chi connectivity index (χ0n) is 12.4. The molecule has 0 heterocycles. The maximum Gasteiger partial charge on any atom is 0.321 e. The number of nitrogens with zero attached hydrogens (tertiary/aromatic N) is 1. The zero-order valence-corrected chi connectivity index (χ0v) is 12.4. The molecule has 0 aromatic carbocycles. The van der Waals surface area contributed by atoms with Crippen LogP contribution in [-0.2, 0) is 4.79 Å². The quantitative estimate of drug-likeness (QED) is 0.648. The minimum absolute atomic E-state index is 0.0154. The first kappa shape index (κ1) is 16.9. The molecular formula is C14H27N3O3. The lowest BCUT2D eigenvalue weighted by molar-refractivity contribution is -0.121. The highest BCUT2D eigenvalue weighted by Crippen LogP contribution is 2.17. The normalized spacial score (nSPS) is 16.1. The highest BCUT2D eigenvalue weighted by atomic mass is 16.3. The summed E-state index contributed by atoms with van der Waals surface area (Å²) in [4.78, 5) is 25.3. The Morgan fingerprint density at radius 1 is 1.20 bits per heavy atom. The number of aliphatic hydroxyl groups is 1. The first-order valence-corrected chi connectivity index (χ1v) is 7.59. The van der Waals surface area contributed by atoms with E-state index in [1.807, 2.05) is 11.8 Å². The Morgan fingerprint density at radius 2 is 1.90 bits per heavy atom. The van der Waals surface area contributed by atoms with Gasteiger partial charge in [-0.05, 0) is 25.8 Å². The van der Waals surface area contributed by atoms with Crippen molar-refractivity contribution in [3.63, 3.8) is 0 Å². The van der Waals surface area contributed by atoms with E-state index in [0.29, 0.717) is 6.54 Å². The summed E-state index contributed by atoms with van der Waals surface area (Å²) in [6.45, 7) is 3.36. The molecule has 6 nitrogen and oxygen atoms in total. The van der Waals surface area contributed by atoms with E-state index in [1.165, 1.54) is 6.42 Å². The van der Waals surface area contributed by atoms with Crippen molar-refractivity contribution in [2.45, 2.75) is 51.5 Å². The third-order valence-electron chi connectivity index (χ3n) is 3.52. The van der Waals surface area contributed by atoms with Crippen LogP contribution in [0.4, 0.5) is 4.79 Å². The topological polar surface area (TPSA) is 81.7 Å². The molecule has 20 heavy (non-hydrogen) atoms. The van der Waals surface area contributed by atoms with E-state index < -0.39 is 6.03 Å². The number of carbonyl (C=O) groups excluding carboxylic acids is 2. The molecule has 0 unspecified atom stereocenters. The number of rotatable bonds is 7. The van der Waals surface area contributed by atoms with Gasteiger partial charge < -0.3 is 10.4 Å². The van der Waals surface area contributed by atoms with Crippen molar-refractivity contribution in [2.75, 3.05) is 26.2 Å². The van der Waals surface area contributed by atoms with Crippen LogP contribution >= 0.6 is 0 Å². The molecule has 3 amide bonds. The van der Waals surface area contributed by atoms with Gasteiger partial charge in [0.05, 0.1) is 13.2 Å². The summed E-state index contributed by atoms with van der Waals surface area (Å²) < 4.78 is 0. The van der Waals surface area contributed by atoms with E-state index in [2.05, 4.69) is 10.6 Å². The summed E-state index contributed by atoms with van der Waals surface area (Å²) in [7, 11) is 0. The van der Waals surface area contributed by atoms with Crippen molar-refractivity contribution in [2.24, 2.45) is 0 Å². The van der Waals surface area contributed by atoms with E-state index in [-0.39, 0.29) is 25.1 Å². The van der Waals surface area contributed by atoms with Crippen LogP contribution in [0.3, 0.4) is 0 Å². The summed E-state index contributed by atoms with van der Waals surface area (Å²) in [5, 5.41) is 14.1. The van der Waals surface area contributed by atoms with Gasteiger partial charge in [0.15, 0.2) is 0 Å². The molecule has 116 valence electrons. The summed E-state index contributed by atoms with van der Waals surface area (Å²) in [5.41, 5.74) is 0. The van der Waals surface area contributed by atoms with Crippen molar-refractivity contribution < 1.29 is 14.7 Å². The first-order valence-electron chi connectivity index (χ1n) is 7.59. The molecule has 6 heteroatoms. The van der Waals surface area contributed by atoms with Crippen LogP contribution in [0.2, 0.25) is 0 Å². The number of carbonyl (C=O) groups is 2. The van der Waals surface area contributed by atoms with Gasteiger partial charge in [0.25, 0.3) is 0 Å². The predicted molar refractivity (Wildman–Crippen MR) is 77.4 cm³/mol. The highest BCUT2D eigenvalue weighted by Gasteiger charge is 2.17. The lowest BCUT2D eigenvalue weighted by atomic mass is 9.96. The molecule has 0 aromatic heterocycles. The van der Waals surface area contributed by atoms with Gasteiger partial charge in [-0.2, -0.15) is 0 Å². The third-order valence-corrected chi connectivity index (χ3v) is 3.52. The molecule has 3 N–H and O–H groups in total. The lowest BCUT2D eigenvalue weighted by Gasteiger charge is -2.23. The fraction of sp³-hybridized carbons (Fsp3) is 0.857. The van der Waals surface area contributed by atoms with Crippen LogP contribution in [0.25, 0.3) is 0 Å². The van der Waals surface area contributed by atoms with Gasteiger partial charge in [0.2, 0.25) is 5.91 Å². The van der Waals surface area contributed by atoms with Gasteiger partial charge in [-0.1, -0.05) is 26.2 Å². The van der Waals surface area contributed by atoms with Crippen molar-refractivity contribution in [1.29, 1.82) is 0 Å². The molecule has 0 aromatic rings. The van der Waals surface area contributed by atoms with E-state index in [1.54, 1.807) is 0 Å². The van der Waals surface area contributed by atoms with Gasteiger partial charge in [-0.25, -0.2) is 4.79 Å². The van der Waals surface area contributed by atoms with Crippen LogP contribution in [0.5, 0.6) is 0 Å². The second-order valence-electron chi connectivity index (χ2n) is 5.36. The van der Waals surface area contributed by atoms with Crippen molar-refractivity contribution in [1.82, 2.24) is 15.5 Å². The summed E-state index contributed by atoms with van der Waals surface area (Å²) in [6.07, 6.45) is 6.40. The fourth-order valence-corrected chi connectivity index (χ4v) is 2.57. The van der Waals surface area contributed by atoms with Crippen molar-refractivity contribution in [3.8, 4) is 0 Å². The second kappa shape index (κ2) is 9.72. The molecule has 0 spiro atoms. The monoisotopic (exact) mass is 285 g/mol. The molecule has 1 aliphatic carbocycles. The van der Waals surface area contributed by atoms with E-state index in [9.17, 15) is 9.59 Å². The number of urea groups is 1. The largest absolute Gasteiger partial charge is 0.395 e. The third kappa shape index (κ3) is 6.86. The molecule has 1 saturated carbocycles. The molecule has 1 rings (SSSR count). The predicted octanol–water partition coefficient (Wildman–Crippen LogP) is 0.849. The van der Waals surface area contributed by atoms with Gasteiger partial charge in [-0.3, -0.25) is 15.0 Å². The van der Waals surface area contributed by atoms with Gasteiger partial charge in [0.1, 0.15) is 0 Å². The second-order valence-corrected chi connectivity index (χ2v) is 5.36. The van der Waals surface area contributed by atoms with Crippen molar-refractivity contribution >= 4 is 11.9 Å². The Labute approximate surface area is 120 Å². The Bertz CT molecular complexity index is 298. The maximum absolute atomic E-state index is 11.8. The Hall–Kier alpha value is -1.14. The van der Waals surface area contributed by atoms with Crippen molar-refractivity contribution in [3.05, 3.63) is 0 Å². The van der Waals surface area contributed by atoms with Crippen LogP contribution in [0.15, 0.2) is 0 Å².